The Morgan fingerprint density at radius 3 is 2.42 bits per heavy atom. The molecule has 3 aromatic heterocycles. The number of hydrogen-bond acceptors (Lipinski definition) is 9. The van der Waals surface area contributed by atoms with Gasteiger partial charge in [0.2, 0.25) is 5.91 Å². The first-order chi connectivity index (χ1) is 20.3. The SMILES string of the molecule is CC(C#N)CO.COc1ccc(F)cc1CCn1c(=O)n(C(C)(C)C(=O)NC(C)C)c(=O)c2c(C)c(-n3nccn3)sc21. The molecule has 4 rings (SSSR count). The van der Waals surface area contributed by atoms with E-state index in [4.69, 9.17) is 15.1 Å². The predicted octanol–water partition coefficient (Wildman–Crippen LogP) is 2.90. The molecule has 1 amide bonds. The zero-order valence-electron chi connectivity index (χ0n) is 25.2. The number of amides is 1. The number of thiophene rings is 1. The van der Waals surface area contributed by atoms with Gasteiger partial charge in [0, 0.05) is 18.2 Å². The molecule has 3 heterocycles. The van der Waals surface area contributed by atoms with Gasteiger partial charge in [-0.25, -0.2) is 13.8 Å². The molecule has 0 bridgehead atoms. The second-order valence-electron chi connectivity index (χ2n) is 10.7. The quantitative estimate of drug-likeness (QED) is 0.292. The summed E-state index contributed by atoms with van der Waals surface area (Å²) in [5.74, 6) is -0.602. The van der Waals surface area contributed by atoms with Gasteiger partial charge in [0.05, 0.1) is 43.5 Å². The molecular formula is C29H36FN7O5S. The number of carbonyl (C=O) groups excluding carboxylic acids is 1. The summed E-state index contributed by atoms with van der Waals surface area (Å²) in [4.78, 5) is 42.6. The summed E-state index contributed by atoms with van der Waals surface area (Å²) < 4.78 is 21.8. The van der Waals surface area contributed by atoms with E-state index in [0.717, 1.165) is 4.57 Å². The van der Waals surface area contributed by atoms with E-state index in [0.29, 0.717) is 32.1 Å². The van der Waals surface area contributed by atoms with Crippen LogP contribution in [-0.4, -0.2) is 54.9 Å². The van der Waals surface area contributed by atoms with Crippen LogP contribution in [0.1, 0.15) is 45.7 Å². The van der Waals surface area contributed by atoms with Gasteiger partial charge in [0.15, 0.2) is 0 Å². The molecule has 4 aromatic rings. The van der Waals surface area contributed by atoms with Crippen molar-refractivity contribution in [2.75, 3.05) is 13.7 Å². The van der Waals surface area contributed by atoms with Crippen molar-refractivity contribution >= 4 is 27.5 Å². The Labute approximate surface area is 252 Å². The number of rotatable bonds is 9. The van der Waals surface area contributed by atoms with Crippen LogP contribution in [0, 0.1) is 30.0 Å². The maximum atomic E-state index is 14.0. The first-order valence-corrected chi connectivity index (χ1v) is 14.4. The van der Waals surface area contributed by atoms with Gasteiger partial charge in [0.1, 0.15) is 26.9 Å². The van der Waals surface area contributed by atoms with Gasteiger partial charge in [0.25, 0.3) is 5.56 Å². The van der Waals surface area contributed by atoms with Crippen molar-refractivity contribution in [3.8, 4) is 16.8 Å². The smallest absolute Gasteiger partial charge is 0.333 e. The average Bonchev–Trinajstić information content (AvgIpc) is 3.60. The van der Waals surface area contributed by atoms with Gasteiger partial charge in [-0.15, -0.1) is 4.80 Å². The van der Waals surface area contributed by atoms with E-state index >= 15 is 0 Å². The molecule has 0 aliphatic carbocycles. The number of nitriles is 1. The van der Waals surface area contributed by atoms with Crippen LogP contribution >= 0.6 is 11.3 Å². The minimum absolute atomic E-state index is 0.0312. The third kappa shape index (κ3) is 7.00. The van der Waals surface area contributed by atoms with Crippen molar-refractivity contribution in [1.29, 1.82) is 5.26 Å². The number of halogens is 1. The van der Waals surface area contributed by atoms with Crippen LogP contribution < -0.4 is 21.3 Å². The zero-order chi connectivity index (χ0) is 32.1. The van der Waals surface area contributed by atoms with Crippen LogP contribution in [0.5, 0.6) is 5.75 Å². The molecule has 0 fully saturated rings. The van der Waals surface area contributed by atoms with Crippen LogP contribution in [0.15, 0.2) is 40.2 Å². The van der Waals surface area contributed by atoms with E-state index in [2.05, 4.69) is 15.5 Å². The first kappa shape index (κ1) is 33.2. The lowest BCUT2D eigenvalue weighted by Gasteiger charge is -2.27. The summed E-state index contributed by atoms with van der Waals surface area (Å²) in [5, 5.41) is 28.1. The molecule has 12 nitrogen and oxygen atoms in total. The summed E-state index contributed by atoms with van der Waals surface area (Å²) in [6.45, 7) is 10.2. The van der Waals surface area contributed by atoms with Crippen molar-refractivity contribution in [2.24, 2.45) is 5.92 Å². The Balaban J connectivity index is 0.000000765. The molecule has 0 saturated carbocycles. The maximum Gasteiger partial charge on any atom is 0.333 e. The molecule has 0 saturated heterocycles. The lowest BCUT2D eigenvalue weighted by Crippen LogP contribution is -2.56. The molecule has 0 spiro atoms. The minimum Gasteiger partial charge on any atom is -0.496 e. The molecule has 0 radical (unpaired) electrons. The molecule has 230 valence electrons. The number of nitrogens with zero attached hydrogens (tertiary/aromatic N) is 6. The fourth-order valence-corrected chi connectivity index (χ4v) is 5.53. The van der Waals surface area contributed by atoms with Crippen molar-refractivity contribution in [3.63, 3.8) is 0 Å². The number of aliphatic hydroxyl groups excluding tert-OH is 1. The van der Waals surface area contributed by atoms with Crippen molar-refractivity contribution in [2.45, 2.75) is 66.1 Å². The molecule has 14 heteroatoms. The fourth-order valence-electron chi connectivity index (χ4n) is 4.29. The minimum atomic E-state index is -1.48. The maximum absolute atomic E-state index is 14.0. The topological polar surface area (TPSA) is 157 Å². The second kappa shape index (κ2) is 13.7. The Morgan fingerprint density at radius 1 is 1.23 bits per heavy atom. The van der Waals surface area contributed by atoms with Gasteiger partial charge >= 0.3 is 5.69 Å². The van der Waals surface area contributed by atoms with Crippen LogP contribution in [0.4, 0.5) is 4.39 Å². The zero-order valence-corrected chi connectivity index (χ0v) is 26.0. The molecule has 1 atom stereocenters. The number of nitrogens with one attached hydrogen (secondary N) is 1. The summed E-state index contributed by atoms with van der Waals surface area (Å²) in [5.41, 5.74) is -1.54. The molecule has 43 heavy (non-hydrogen) atoms. The monoisotopic (exact) mass is 613 g/mol. The predicted molar refractivity (Wildman–Crippen MR) is 161 cm³/mol. The van der Waals surface area contributed by atoms with Gasteiger partial charge in [-0.3, -0.25) is 14.2 Å². The average molecular weight is 614 g/mol. The van der Waals surface area contributed by atoms with Crippen LogP contribution in [0.2, 0.25) is 0 Å². The standard InChI is InChI=1S/C25H29FN6O4S.C4H7NO/c1-14(2)29-23(34)25(4,5)31-20(33)19-15(3)21(32-27-10-11-28-32)37-22(19)30(24(31)35)12-9-16-13-17(26)7-8-18(16)36-6;1-4(2-5)3-6/h7-8,10-11,13-14H,9,12H2,1-6H3,(H,29,34);4,6H,3H2,1H3. The van der Waals surface area contributed by atoms with Crippen LogP contribution in [0.25, 0.3) is 15.2 Å². The first-order valence-electron chi connectivity index (χ1n) is 13.6. The summed E-state index contributed by atoms with van der Waals surface area (Å²) in [7, 11) is 1.49. The van der Waals surface area contributed by atoms with E-state index in [1.165, 1.54) is 72.3 Å². The number of aryl methyl sites for hydroxylation is 3. The third-order valence-electron chi connectivity index (χ3n) is 6.66. The van der Waals surface area contributed by atoms with Crippen LogP contribution in [0.3, 0.4) is 0 Å². The Bertz CT molecular complexity index is 1750. The molecule has 1 unspecified atom stereocenters. The molecule has 2 N–H and O–H groups in total. The highest BCUT2D eigenvalue weighted by Gasteiger charge is 2.35. The molecule has 0 aliphatic heterocycles. The number of carbonyl (C=O) groups is 1. The normalized spacial score (nSPS) is 12.0. The molecule has 0 aliphatic rings. The lowest BCUT2D eigenvalue weighted by molar-refractivity contribution is -0.129. The van der Waals surface area contributed by atoms with E-state index in [9.17, 15) is 18.8 Å². The number of ether oxygens (including phenoxy) is 1. The van der Waals surface area contributed by atoms with Crippen molar-refractivity contribution < 1.29 is 19.0 Å². The largest absolute Gasteiger partial charge is 0.496 e. The highest BCUT2D eigenvalue weighted by atomic mass is 32.1. The Hall–Kier alpha value is -4.35. The highest BCUT2D eigenvalue weighted by molar-refractivity contribution is 7.21. The van der Waals surface area contributed by atoms with Gasteiger partial charge in [-0.05, 0) is 71.7 Å². The fraction of sp³-hybridized carbons (Fsp3) is 0.448. The second-order valence-corrected chi connectivity index (χ2v) is 11.7. The summed E-state index contributed by atoms with van der Waals surface area (Å²) in [6, 6.07) is 5.86. The number of aliphatic hydroxyl groups is 1. The number of benzene rings is 1. The van der Waals surface area contributed by atoms with E-state index < -0.39 is 28.5 Å². The van der Waals surface area contributed by atoms with E-state index in [-0.39, 0.29) is 31.5 Å². The lowest BCUT2D eigenvalue weighted by atomic mass is 10.0. The number of methoxy groups -OCH3 is 1. The number of fused-ring (bicyclic) bond motifs is 1. The van der Waals surface area contributed by atoms with Gasteiger partial charge in [-0.2, -0.15) is 15.5 Å². The number of hydrogen-bond donors (Lipinski definition) is 2. The van der Waals surface area contributed by atoms with Crippen molar-refractivity contribution in [3.05, 3.63) is 68.4 Å². The molecular weight excluding hydrogens is 577 g/mol. The van der Waals surface area contributed by atoms with Crippen LogP contribution in [-0.2, 0) is 23.3 Å². The van der Waals surface area contributed by atoms with Gasteiger partial charge in [-0.1, -0.05) is 11.3 Å². The Kier molecular flexibility index (Phi) is 10.6. The van der Waals surface area contributed by atoms with E-state index in [1.807, 2.05) is 6.07 Å². The number of aromatic nitrogens is 5. The summed E-state index contributed by atoms with van der Waals surface area (Å²) >= 11 is 1.20. The van der Waals surface area contributed by atoms with Gasteiger partial charge < -0.3 is 15.2 Å². The molecule has 1 aromatic carbocycles. The van der Waals surface area contributed by atoms with E-state index in [1.54, 1.807) is 27.7 Å². The highest BCUT2D eigenvalue weighted by Crippen LogP contribution is 2.31. The third-order valence-corrected chi connectivity index (χ3v) is 7.94. The van der Waals surface area contributed by atoms with Crippen molar-refractivity contribution in [1.82, 2.24) is 29.4 Å². The summed E-state index contributed by atoms with van der Waals surface area (Å²) in [6.07, 6.45) is 3.29. The Morgan fingerprint density at radius 2 is 1.88 bits per heavy atom.